The van der Waals surface area contributed by atoms with E-state index in [1.807, 2.05) is 0 Å². The smallest absolute Gasteiger partial charge is 0.191 e. The fourth-order valence-electron chi connectivity index (χ4n) is 2.18. The van der Waals surface area contributed by atoms with Crippen LogP contribution < -0.4 is 10.6 Å². The van der Waals surface area contributed by atoms with E-state index in [9.17, 15) is 0 Å². The Morgan fingerprint density at radius 2 is 2.05 bits per heavy atom. The van der Waals surface area contributed by atoms with E-state index in [1.165, 1.54) is 12.8 Å². The van der Waals surface area contributed by atoms with Crippen molar-refractivity contribution in [3.05, 3.63) is 17.0 Å². The molecule has 1 aromatic rings. The zero-order chi connectivity index (χ0) is 14.4. The molecule has 1 aromatic heterocycles. The highest BCUT2D eigenvalue weighted by atomic mass is 16.5. The average molecular weight is 278 g/mol. The van der Waals surface area contributed by atoms with Crippen molar-refractivity contribution in [2.24, 2.45) is 10.9 Å². The highest BCUT2D eigenvalue weighted by Crippen LogP contribution is 2.27. The summed E-state index contributed by atoms with van der Waals surface area (Å²) in [5.74, 6) is 2.69. The van der Waals surface area contributed by atoms with Gasteiger partial charge in [-0.15, -0.1) is 0 Å². The monoisotopic (exact) mass is 278 g/mol. The number of guanidine groups is 1. The lowest BCUT2D eigenvalue weighted by Gasteiger charge is -2.10. The first-order valence-electron chi connectivity index (χ1n) is 7.76. The van der Waals surface area contributed by atoms with Gasteiger partial charge < -0.3 is 15.2 Å². The Hall–Kier alpha value is -1.52. The van der Waals surface area contributed by atoms with Crippen molar-refractivity contribution in [3.8, 4) is 0 Å². The first kappa shape index (κ1) is 14.9. The van der Waals surface area contributed by atoms with Crippen LogP contribution in [0.5, 0.6) is 0 Å². The van der Waals surface area contributed by atoms with Crippen molar-refractivity contribution in [2.45, 2.75) is 53.0 Å². The average Bonchev–Trinajstić information content (AvgIpc) is 3.20. The SMILES string of the molecule is CCNC(=NCc1c(CC)noc1CC)NCC1CC1. The number of hydrogen-bond donors (Lipinski definition) is 2. The molecule has 0 aromatic carbocycles. The van der Waals surface area contributed by atoms with Gasteiger partial charge in [0.05, 0.1) is 12.2 Å². The normalized spacial score (nSPS) is 15.4. The first-order chi connectivity index (χ1) is 9.78. The number of aryl methyl sites for hydroxylation is 2. The maximum absolute atomic E-state index is 5.38. The number of hydrogen-bond acceptors (Lipinski definition) is 3. The van der Waals surface area contributed by atoms with Crippen molar-refractivity contribution in [1.29, 1.82) is 0 Å². The van der Waals surface area contributed by atoms with E-state index in [0.29, 0.717) is 6.54 Å². The van der Waals surface area contributed by atoms with Gasteiger partial charge in [-0.1, -0.05) is 19.0 Å². The van der Waals surface area contributed by atoms with Crippen LogP contribution in [0.4, 0.5) is 0 Å². The van der Waals surface area contributed by atoms with E-state index in [2.05, 4.69) is 41.6 Å². The van der Waals surface area contributed by atoms with Gasteiger partial charge in [-0.25, -0.2) is 4.99 Å². The lowest BCUT2D eigenvalue weighted by Crippen LogP contribution is -2.38. The number of aliphatic imine (C=N–C) groups is 1. The van der Waals surface area contributed by atoms with E-state index < -0.39 is 0 Å². The van der Waals surface area contributed by atoms with Crippen molar-refractivity contribution in [1.82, 2.24) is 15.8 Å². The van der Waals surface area contributed by atoms with E-state index in [0.717, 1.165) is 54.8 Å². The van der Waals surface area contributed by atoms with E-state index in [4.69, 9.17) is 4.52 Å². The molecule has 112 valence electrons. The van der Waals surface area contributed by atoms with Crippen LogP contribution >= 0.6 is 0 Å². The van der Waals surface area contributed by atoms with Gasteiger partial charge in [0.15, 0.2) is 5.96 Å². The molecule has 0 bridgehead atoms. The summed E-state index contributed by atoms with van der Waals surface area (Å²) in [5, 5.41) is 10.8. The minimum absolute atomic E-state index is 0.635. The lowest BCUT2D eigenvalue weighted by atomic mass is 10.1. The number of rotatable bonds is 7. The van der Waals surface area contributed by atoms with E-state index in [-0.39, 0.29) is 0 Å². The van der Waals surface area contributed by atoms with E-state index in [1.54, 1.807) is 0 Å². The maximum atomic E-state index is 5.38. The highest BCUT2D eigenvalue weighted by molar-refractivity contribution is 5.79. The molecule has 1 aliphatic carbocycles. The largest absolute Gasteiger partial charge is 0.361 e. The molecular formula is C15H26N4O. The summed E-state index contributed by atoms with van der Waals surface area (Å²) in [5.41, 5.74) is 2.18. The molecule has 1 aliphatic rings. The summed E-state index contributed by atoms with van der Waals surface area (Å²) in [6.07, 6.45) is 4.44. The Kier molecular flexibility index (Phi) is 5.44. The van der Waals surface area contributed by atoms with Crippen LogP contribution in [0.15, 0.2) is 9.52 Å². The molecule has 0 radical (unpaired) electrons. The first-order valence-corrected chi connectivity index (χ1v) is 7.76. The molecule has 2 rings (SSSR count). The Balaban J connectivity index is 2.00. The number of aromatic nitrogens is 1. The Morgan fingerprint density at radius 3 is 2.65 bits per heavy atom. The van der Waals surface area contributed by atoms with Gasteiger partial charge in [0.2, 0.25) is 0 Å². The number of nitrogens with one attached hydrogen (secondary N) is 2. The second-order valence-electron chi connectivity index (χ2n) is 5.26. The molecule has 0 atom stereocenters. The topological polar surface area (TPSA) is 62.5 Å². The molecule has 5 heteroatoms. The minimum atomic E-state index is 0.635. The van der Waals surface area contributed by atoms with Crippen molar-refractivity contribution in [3.63, 3.8) is 0 Å². The third-order valence-corrected chi connectivity index (χ3v) is 3.60. The molecule has 20 heavy (non-hydrogen) atoms. The van der Waals surface area contributed by atoms with Crippen LogP contribution in [0.25, 0.3) is 0 Å². The third kappa shape index (κ3) is 3.99. The van der Waals surface area contributed by atoms with Crippen LogP contribution in [0, 0.1) is 5.92 Å². The molecule has 0 amide bonds. The zero-order valence-electron chi connectivity index (χ0n) is 12.8. The van der Waals surface area contributed by atoms with Crippen LogP contribution in [0.2, 0.25) is 0 Å². The fraction of sp³-hybridized carbons (Fsp3) is 0.733. The summed E-state index contributed by atoms with van der Waals surface area (Å²) >= 11 is 0. The standard InChI is InChI=1S/C15H26N4O/c1-4-13-12(14(5-2)20-19-13)10-18-15(16-6-3)17-9-11-7-8-11/h11H,4-10H2,1-3H3,(H2,16,17,18). The summed E-state index contributed by atoms with van der Waals surface area (Å²) in [6, 6.07) is 0. The van der Waals surface area contributed by atoms with Crippen LogP contribution in [0.1, 0.15) is 50.6 Å². The Bertz CT molecular complexity index is 427. The van der Waals surface area contributed by atoms with E-state index >= 15 is 0 Å². The van der Waals surface area contributed by atoms with Gasteiger partial charge in [-0.05, 0) is 32.1 Å². The van der Waals surface area contributed by atoms with Gasteiger partial charge >= 0.3 is 0 Å². The van der Waals surface area contributed by atoms with Crippen LogP contribution in [-0.2, 0) is 19.4 Å². The lowest BCUT2D eigenvalue weighted by molar-refractivity contribution is 0.380. The molecule has 1 saturated carbocycles. The van der Waals surface area contributed by atoms with Crippen LogP contribution in [0.3, 0.4) is 0 Å². The molecule has 2 N–H and O–H groups in total. The van der Waals surface area contributed by atoms with Gasteiger partial charge in [-0.2, -0.15) is 0 Å². The highest BCUT2D eigenvalue weighted by Gasteiger charge is 2.21. The van der Waals surface area contributed by atoms with Crippen molar-refractivity contribution < 1.29 is 4.52 Å². The molecule has 1 fully saturated rings. The third-order valence-electron chi connectivity index (χ3n) is 3.60. The fourth-order valence-corrected chi connectivity index (χ4v) is 2.18. The number of nitrogens with zero attached hydrogens (tertiary/aromatic N) is 2. The zero-order valence-corrected chi connectivity index (χ0v) is 12.8. The van der Waals surface area contributed by atoms with Crippen molar-refractivity contribution in [2.75, 3.05) is 13.1 Å². The second kappa shape index (κ2) is 7.31. The summed E-state index contributed by atoms with van der Waals surface area (Å²) < 4.78 is 5.38. The minimum Gasteiger partial charge on any atom is -0.361 e. The summed E-state index contributed by atoms with van der Waals surface area (Å²) in [7, 11) is 0. The van der Waals surface area contributed by atoms with Gasteiger partial charge in [-0.3, -0.25) is 0 Å². The van der Waals surface area contributed by atoms with Crippen molar-refractivity contribution >= 4 is 5.96 Å². The molecule has 5 nitrogen and oxygen atoms in total. The molecule has 0 aliphatic heterocycles. The van der Waals surface area contributed by atoms with Gasteiger partial charge in [0.1, 0.15) is 5.76 Å². The van der Waals surface area contributed by atoms with Gasteiger partial charge in [0, 0.05) is 25.1 Å². The Labute approximate surface area is 121 Å². The maximum Gasteiger partial charge on any atom is 0.191 e. The van der Waals surface area contributed by atoms with Crippen LogP contribution in [-0.4, -0.2) is 24.2 Å². The predicted octanol–water partition coefficient (Wildman–Crippen LogP) is 2.26. The second-order valence-corrected chi connectivity index (χ2v) is 5.26. The Morgan fingerprint density at radius 1 is 1.25 bits per heavy atom. The molecule has 1 heterocycles. The molecular weight excluding hydrogens is 252 g/mol. The predicted molar refractivity (Wildman–Crippen MR) is 80.8 cm³/mol. The quantitative estimate of drug-likeness (QED) is 0.593. The summed E-state index contributed by atoms with van der Waals surface area (Å²) in [6.45, 7) is 8.81. The molecule has 0 spiro atoms. The molecule has 0 saturated heterocycles. The summed E-state index contributed by atoms with van der Waals surface area (Å²) in [4.78, 5) is 4.67. The molecule has 0 unspecified atom stereocenters. The van der Waals surface area contributed by atoms with Gasteiger partial charge in [0.25, 0.3) is 0 Å².